The number of rotatable bonds is 8. The van der Waals surface area contributed by atoms with E-state index in [1.807, 2.05) is 60.7 Å². The summed E-state index contributed by atoms with van der Waals surface area (Å²) >= 11 is 0. The number of benzene rings is 2. The van der Waals surface area contributed by atoms with Crippen molar-refractivity contribution in [3.8, 4) is 0 Å². The Morgan fingerprint density at radius 1 is 0.931 bits per heavy atom. The molecule has 156 valence electrons. The Morgan fingerprint density at radius 3 is 1.97 bits per heavy atom. The maximum atomic E-state index is 12.4. The van der Waals surface area contributed by atoms with Gasteiger partial charge in [-0.25, -0.2) is 13.1 Å². The van der Waals surface area contributed by atoms with Crippen molar-refractivity contribution in [1.29, 1.82) is 0 Å². The smallest absolute Gasteiger partial charge is 0.236 e. The maximum absolute atomic E-state index is 12.4. The van der Waals surface area contributed by atoms with Gasteiger partial charge < -0.3 is 5.32 Å². The van der Waals surface area contributed by atoms with Crippen molar-refractivity contribution >= 4 is 15.9 Å². The minimum atomic E-state index is -3.64. The van der Waals surface area contributed by atoms with Gasteiger partial charge in [0.1, 0.15) is 5.75 Å². The van der Waals surface area contributed by atoms with Crippen molar-refractivity contribution in [3.05, 3.63) is 71.8 Å². The monoisotopic (exact) mass is 414 g/mol. The molecular weight excluding hydrogens is 384 g/mol. The fourth-order valence-corrected chi connectivity index (χ4v) is 5.19. The van der Waals surface area contributed by atoms with E-state index in [0.29, 0.717) is 12.5 Å². The van der Waals surface area contributed by atoms with E-state index in [1.165, 1.54) is 0 Å². The summed E-state index contributed by atoms with van der Waals surface area (Å²) in [6.45, 7) is 2.54. The Balaban J connectivity index is 1.58. The van der Waals surface area contributed by atoms with Gasteiger partial charge in [-0.15, -0.1) is 0 Å². The van der Waals surface area contributed by atoms with Gasteiger partial charge in [0.2, 0.25) is 15.9 Å². The first kappa shape index (κ1) is 21.5. The third kappa shape index (κ3) is 6.68. The van der Waals surface area contributed by atoms with Crippen LogP contribution in [-0.2, 0) is 14.8 Å². The zero-order valence-corrected chi connectivity index (χ0v) is 17.7. The number of sulfonamides is 1. The van der Waals surface area contributed by atoms with Crippen molar-refractivity contribution in [2.24, 2.45) is 5.92 Å². The Labute approximate surface area is 174 Å². The van der Waals surface area contributed by atoms with Gasteiger partial charge in [0, 0.05) is 18.5 Å². The van der Waals surface area contributed by atoms with E-state index in [1.54, 1.807) is 0 Å². The highest BCUT2D eigenvalue weighted by molar-refractivity contribution is 7.90. The lowest BCUT2D eigenvalue weighted by molar-refractivity contribution is -0.118. The minimum Gasteiger partial charge on any atom is -0.354 e. The number of hydrogen-bond donors (Lipinski definition) is 2. The zero-order chi connectivity index (χ0) is 20.7. The van der Waals surface area contributed by atoms with E-state index in [9.17, 15) is 13.2 Å². The molecule has 5 nitrogen and oxygen atoms in total. The molecule has 2 aromatic rings. The Hall–Kier alpha value is -2.18. The highest BCUT2D eigenvalue weighted by Crippen LogP contribution is 2.24. The van der Waals surface area contributed by atoms with Crippen LogP contribution in [0.2, 0.25) is 0 Å². The van der Waals surface area contributed by atoms with Crippen LogP contribution in [-0.4, -0.2) is 32.7 Å². The van der Waals surface area contributed by atoms with Crippen LogP contribution in [0.3, 0.4) is 0 Å². The van der Waals surface area contributed by atoms with Crippen molar-refractivity contribution in [3.63, 3.8) is 0 Å². The second kappa shape index (κ2) is 10.0. The molecule has 0 aromatic heterocycles. The first-order chi connectivity index (χ1) is 13.9. The van der Waals surface area contributed by atoms with Crippen LogP contribution in [0.1, 0.15) is 49.7 Å². The molecule has 3 rings (SSSR count). The van der Waals surface area contributed by atoms with Gasteiger partial charge in [0.05, 0.1) is 0 Å². The predicted molar refractivity (Wildman–Crippen MR) is 116 cm³/mol. The quantitative estimate of drug-likeness (QED) is 0.695. The highest BCUT2D eigenvalue weighted by Gasteiger charge is 2.25. The van der Waals surface area contributed by atoms with E-state index >= 15 is 0 Å². The summed E-state index contributed by atoms with van der Waals surface area (Å²) in [7, 11) is -3.64. The third-order valence-corrected chi connectivity index (χ3v) is 6.93. The van der Waals surface area contributed by atoms with Gasteiger partial charge >= 0.3 is 0 Å². The van der Waals surface area contributed by atoms with Crippen LogP contribution in [0.15, 0.2) is 60.7 Å². The lowest BCUT2D eigenvalue weighted by Crippen LogP contribution is -2.43. The van der Waals surface area contributed by atoms with E-state index in [0.717, 1.165) is 36.8 Å². The van der Waals surface area contributed by atoms with E-state index in [4.69, 9.17) is 0 Å². The van der Waals surface area contributed by atoms with Crippen molar-refractivity contribution in [2.75, 3.05) is 12.3 Å². The van der Waals surface area contributed by atoms with Crippen molar-refractivity contribution in [2.45, 2.75) is 44.6 Å². The molecule has 1 aliphatic carbocycles. The van der Waals surface area contributed by atoms with Crippen LogP contribution in [0.5, 0.6) is 0 Å². The summed E-state index contributed by atoms with van der Waals surface area (Å²) in [4.78, 5) is 12.4. The largest absolute Gasteiger partial charge is 0.354 e. The average molecular weight is 415 g/mol. The van der Waals surface area contributed by atoms with Gasteiger partial charge in [-0.1, -0.05) is 67.6 Å². The van der Waals surface area contributed by atoms with Gasteiger partial charge in [0.15, 0.2) is 0 Å². The lowest BCUT2D eigenvalue weighted by atomic mass is 9.88. The van der Waals surface area contributed by atoms with E-state index < -0.39 is 21.7 Å². The lowest BCUT2D eigenvalue weighted by Gasteiger charge is -2.26. The predicted octanol–water partition coefficient (Wildman–Crippen LogP) is 3.43. The van der Waals surface area contributed by atoms with Crippen LogP contribution in [0.25, 0.3) is 0 Å². The summed E-state index contributed by atoms with van der Waals surface area (Å²) in [6.07, 6.45) is 3.72. The number of amides is 1. The van der Waals surface area contributed by atoms with Gasteiger partial charge in [-0.05, 0) is 42.7 Å². The Morgan fingerprint density at radius 2 is 1.45 bits per heavy atom. The van der Waals surface area contributed by atoms with E-state index in [2.05, 4.69) is 17.0 Å². The SMILES string of the molecule is CC1CCC(NS(=O)(=O)CC(=O)NCC(c2ccccc2)c2ccccc2)CC1. The topological polar surface area (TPSA) is 75.3 Å². The fourth-order valence-electron chi connectivity index (χ4n) is 3.91. The minimum absolute atomic E-state index is 0.0307. The van der Waals surface area contributed by atoms with Crippen LogP contribution in [0.4, 0.5) is 0 Å². The molecule has 0 unspecified atom stereocenters. The summed E-state index contributed by atoms with van der Waals surface area (Å²) in [5.41, 5.74) is 2.16. The molecule has 6 heteroatoms. The molecule has 2 N–H and O–H groups in total. The Kier molecular flexibility index (Phi) is 7.45. The number of carbonyl (C=O) groups is 1. The second-order valence-corrected chi connectivity index (χ2v) is 9.77. The molecule has 0 heterocycles. The first-order valence-corrected chi connectivity index (χ1v) is 11.9. The molecule has 0 radical (unpaired) electrons. The molecule has 0 aliphatic heterocycles. The van der Waals surface area contributed by atoms with E-state index in [-0.39, 0.29) is 12.0 Å². The molecule has 0 spiro atoms. The van der Waals surface area contributed by atoms with Gasteiger partial charge in [-0.3, -0.25) is 4.79 Å². The maximum Gasteiger partial charge on any atom is 0.236 e. The third-order valence-electron chi connectivity index (χ3n) is 5.59. The number of carbonyl (C=O) groups excluding carboxylic acids is 1. The molecule has 1 aliphatic rings. The van der Waals surface area contributed by atoms with Crippen molar-refractivity contribution < 1.29 is 13.2 Å². The Bertz CT molecular complexity index is 837. The normalized spacial score (nSPS) is 19.8. The van der Waals surface area contributed by atoms with Crippen molar-refractivity contribution in [1.82, 2.24) is 10.0 Å². The van der Waals surface area contributed by atoms with Crippen LogP contribution in [0, 0.1) is 5.92 Å². The molecule has 0 bridgehead atoms. The first-order valence-electron chi connectivity index (χ1n) is 10.3. The standard InChI is InChI=1S/C23H30N2O3S/c1-18-12-14-21(15-13-18)25-29(27,28)17-23(26)24-16-22(19-8-4-2-5-9-19)20-10-6-3-7-11-20/h2-11,18,21-22,25H,12-17H2,1H3,(H,24,26). The molecule has 0 saturated heterocycles. The molecule has 1 fully saturated rings. The highest BCUT2D eigenvalue weighted by atomic mass is 32.2. The van der Waals surface area contributed by atoms with Crippen LogP contribution < -0.4 is 10.0 Å². The summed E-state index contributed by atoms with van der Waals surface area (Å²) in [6, 6.07) is 19.8. The fraction of sp³-hybridized carbons (Fsp3) is 0.435. The summed E-state index contributed by atoms with van der Waals surface area (Å²) < 4.78 is 27.5. The number of nitrogens with one attached hydrogen (secondary N) is 2. The second-order valence-electron chi connectivity index (χ2n) is 8.01. The molecular formula is C23H30N2O3S. The summed E-state index contributed by atoms with van der Waals surface area (Å²) in [5.74, 6) is -0.391. The summed E-state index contributed by atoms with van der Waals surface area (Å²) in [5, 5.41) is 2.82. The zero-order valence-electron chi connectivity index (χ0n) is 16.9. The molecule has 2 aromatic carbocycles. The molecule has 1 saturated carbocycles. The van der Waals surface area contributed by atoms with Crippen LogP contribution >= 0.6 is 0 Å². The number of hydrogen-bond acceptors (Lipinski definition) is 3. The molecule has 29 heavy (non-hydrogen) atoms. The van der Waals surface area contributed by atoms with Gasteiger partial charge in [-0.2, -0.15) is 0 Å². The molecule has 1 amide bonds. The average Bonchev–Trinajstić information content (AvgIpc) is 2.71. The van der Waals surface area contributed by atoms with Gasteiger partial charge in [0.25, 0.3) is 0 Å². The molecule has 0 atom stereocenters.